The van der Waals surface area contributed by atoms with Crippen LogP contribution in [0.1, 0.15) is 35.4 Å². The standard InChI is InChI=1S/C18H25N3O3/c1-14-17(15(2)24-19-14)4-5-18(22)21-8-3-7-20(9-10-21)12-16-6-11-23-13-16/h6,11,13H,3-5,7-10,12H2,1-2H3. The predicted octanol–water partition coefficient (Wildman–Crippen LogP) is 2.55. The molecule has 1 saturated heterocycles. The summed E-state index contributed by atoms with van der Waals surface area (Å²) in [6.07, 6.45) is 5.73. The maximum Gasteiger partial charge on any atom is 0.222 e. The van der Waals surface area contributed by atoms with Gasteiger partial charge in [-0.05, 0) is 32.8 Å². The van der Waals surface area contributed by atoms with E-state index in [2.05, 4.69) is 10.1 Å². The molecule has 3 rings (SSSR count). The van der Waals surface area contributed by atoms with Crippen molar-refractivity contribution in [2.45, 2.75) is 39.7 Å². The van der Waals surface area contributed by atoms with Gasteiger partial charge in [0, 0.05) is 50.3 Å². The third-order valence-electron chi connectivity index (χ3n) is 4.70. The minimum absolute atomic E-state index is 0.222. The number of hydrogen-bond donors (Lipinski definition) is 0. The fraction of sp³-hybridized carbons (Fsp3) is 0.556. The lowest BCUT2D eigenvalue weighted by molar-refractivity contribution is -0.131. The van der Waals surface area contributed by atoms with Crippen LogP contribution in [0.4, 0.5) is 0 Å². The summed E-state index contributed by atoms with van der Waals surface area (Å²) in [6.45, 7) is 8.26. The van der Waals surface area contributed by atoms with Gasteiger partial charge < -0.3 is 13.8 Å². The molecule has 1 aliphatic heterocycles. The Morgan fingerprint density at radius 2 is 2.12 bits per heavy atom. The summed E-state index contributed by atoms with van der Waals surface area (Å²) < 4.78 is 10.3. The minimum Gasteiger partial charge on any atom is -0.472 e. The van der Waals surface area contributed by atoms with E-state index >= 15 is 0 Å². The molecule has 0 unspecified atom stereocenters. The van der Waals surface area contributed by atoms with Crippen LogP contribution in [-0.2, 0) is 17.8 Å². The van der Waals surface area contributed by atoms with Crippen LogP contribution in [0, 0.1) is 13.8 Å². The third kappa shape index (κ3) is 4.06. The first kappa shape index (κ1) is 16.8. The van der Waals surface area contributed by atoms with Crippen LogP contribution in [0.5, 0.6) is 0 Å². The number of carbonyl (C=O) groups excluding carboxylic acids is 1. The molecule has 24 heavy (non-hydrogen) atoms. The summed E-state index contributed by atoms with van der Waals surface area (Å²) in [5.41, 5.74) is 3.15. The van der Waals surface area contributed by atoms with Crippen molar-refractivity contribution in [2.24, 2.45) is 0 Å². The van der Waals surface area contributed by atoms with E-state index in [4.69, 9.17) is 8.94 Å². The van der Waals surface area contributed by atoms with Crippen molar-refractivity contribution >= 4 is 5.91 Å². The first-order valence-electron chi connectivity index (χ1n) is 8.56. The van der Waals surface area contributed by atoms with E-state index in [1.54, 1.807) is 12.5 Å². The molecule has 0 N–H and O–H groups in total. The van der Waals surface area contributed by atoms with Crippen molar-refractivity contribution in [1.82, 2.24) is 15.0 Å². The number of rotatable bonds is 5. The molecule has 1 aliphatic rings. The molecule has 3 heterocycles. The largest absolute Gasteiger partial charge is 0.472 e. The van der Waals surface area contributed by atoms with E-state index < -0.39 is 0 Å². The Morgan fingerprint density at radius 3 is 2.83 bits per heavy atom. The second-order valence-electron chi connectivity index (χ2n) is 6.44. The molecular weight excluding hydrogens is 306 g/mol. The highest BCUT2D eigenvalue weighted by atomic mass is 16.5. The molecule has 1 fully saturated rings. The Balaban J connectivity index is 1.49. The summed E-state index contributed by atoms with van der Waals surface area (Å²) in [5.74, 6) is 1.04. The molecule has 6 heteroatoms. The zero-order valence-corrected chi connectivity index (χ0v) is 14.5. The normalized spacial score (nSPS) is 16.3. The molecule has 0 aliphatic carbocycles. The SMILES string of the molecule is Cc1noc(C)c1CCC(=O)N1CCCN(Cc2ccoc2)CC1. The summed E-state index contributed by atoms with van der Waals surface area (Å²) >= 11 is 0. The van der Waals surface area contributed by atoms with Gasteiger partial charge in [-0.2, -0.15) is 0 Å². The molecule has 0 radical (unpaired) electrons. The molecule has 130 valence electrons. The van der Waals surface area contributed by atoms with Gasteiger partial charge >= 0.3 is 0 Å². The highest BCUT2D eigenvalue weighted by Gasteiger charge is 2.20. The molecular formula is C18H25N3O3. The second kappa shape index (κ2) is 7.66. The summed E-state index contributed by atoms with van der Waals surface area (Å²) in [5, 5.41) is 3.95. The van der Waals surface area contributed by atoms with Crippen LogP contribution in [0.25, 0.3) is 0 Å². The molecule has 2 aromatic rings. The molecule has 1 amide bonds. The van der Waals surface area contributed by atoms with E-state index in [1.165, 1.54) is 5.56 Å². The molecule has 0 atom stereocenters. The molecule has 2 aromatic heterocycles. The lowest BCUT2D eigenvalue weighted by atomic mass is 10.1. The Bertz CT molecular complexity index is 644. The zero-order valence-electron chi connectivity index (χ0n) is 14.5. The monoisotopic (exact) mass is 331 g/mol. The maximum absolute atomic E-state index is 12.5. The van der Waals surface area contributed by atoms with Gasteiger partial charge in [-0.1, -0.05) is 5.16 Å². The van der Waals surface area contributed by atoms with E-state index in [9.17, 15) is 4.79 Å². The van der Waals surface area contributed by atoms with Crippen LogP contribution in [0.15, 0.2) is 27.5 Å². The zero-order chi connectivity index (χ0) is 16.9. The summed E-state index contributed by atoms with van der Waals surface area (Å²) in [4.78, 5) is 16.9. The number of furan rings is 1. The van der Waals surface area contributed by atoms with Crippen molar-refractivity contribution in [3.8, 4) is 0 Å². The Hall–Kier alpha value is -2.08. The van der Waals surface area contributed by atoms with Gasteiger partial charge in [0.1, 0.15) is 5.76 Å². The van der Waals surface area contributed by atoms with Crippen LogP contribution in [0.2, 0.25) is 0 Å². The predicted molar refractivity (Wildman–Crippen MR) is 89.5 cm³/mol. The Kier molecular flexibility index (Phi) is 5.35. The van der Waals surface area contributed by atoms with Gasteiger partial charge in [-0.25, -0.2) is 0 Å². The van der Waals surface area contributed by atoms with Gasteiger partial charge in [0.25, 0.3) is 0 Å². The topological polar surface area (TPSA) is 62.7 Å². The Morgan fingerprint density at radius 1 is 1.25 bits per heavy atom. The van der Waals surface area contributed by atoms with Crippen LogP contribution < -0.4 is 0 Å². The number of amides is 1. The lowest BCUT2D eigenvalue weighted by Crippen LogP contribution is -2.35. The van der Waals surface area contributed by atoms with Gasteiger partial charge in [0.05, 0.1) is 18.2 Å². The summed E-state index contributed by atoms with van der Waals surface area (Å²) in [7, 11) is 0. The summed E-state index contributed by atoms with van der Waals surface area (Å²) in [6, 6.07) is 2.00. The molecule has 0 spiro atoms. The van der Waals surface area contributed by atoms with E-state index in [0.717, 1.165) is 56.2 Å². The molecule has 6 nitrogen and oxygen atoms in total. The third-order valence-corrected chi connectivity index (χ3v) is 4.70. The fourth-order valence-corrected chi connectivity index (χ4v) is 3.27. The van der Waals surface area contributed by atoms with Crippen LogP contribution in [-0.4, -0.2) is 47.0 Å². The smallest absolute Gasteiger partial charge is 0.222 e. The average Bonchev–Trinajstić information content (AvgIpc) is 3.10. The van der Waals surface area contributed by atoms with E-state index in [1.807, 2.05) is 24.8 Å². The van der Waals surface area contributed by atoms with Crippen molar-refractivity contribution in [1.29, 1.82) is 0 Å². The second-order valence-corrected chi connectivity index (χ2v) is 6.44. The average molecular weight is 331 g/mol. The van der Waals surface area contributed by atoms with Crippen molar-refractivity contribution < 1.29 is 13.7 Å². The maximum atomic E-state index is 12.5. The van der Waals surface area contributed by atoms with Crippen LogP contribution in [0.3, 0.4) is 0 Å². The van der Waals surface area contributed by atoms with Gasteiger partial charge in [-0.15, -0.1) is 0 Å². The number of aryl methyl sites for hydroxylation is 2. The molecule has 0 saturated carbocycles. The first-order valence-corrected chi connectivity index (χ1v) is 8.56. The van der Waals surface area contributed by atoms with Gasteiger partial charge in [0.2, 0.25) is 5.91 Å². The number of hydrogen-bond acceptors (Lipinski definition) is 5. The first-order chi connectivity index (χ1) is 11.6. The number of carbonyl (C=O) groups is 1. The fourth-order valence-electron chi connectivity index (χ4n) is 3.27. The highest BCUT2D eigenvalue weighted by molar-refractivity contribution is 5.76. The van der Waals surface area contributed by atoms with Crippen molar-refractivity contribution in [3.63, 3.8) is 0 Å². The van der Waals surface area contributed by atoms with Crippen molar-refractivity contribution in [2.75, 3.05) is 26.2 Å². The van der Waals surface area contributed by atoms with Crippen LogP contribution >= 0.6 is 0 Å². The Labute approximate surface area is 142 Å². The van der Waals surface area contributed by atoms with Gasteiger partial charge in [0.15, 0.2) is 0 Å². The van der Waals surface area contributed by atoms with E-state index in [0.29, 0.717) is 12.8 Å². The van der Waals surface area contributed by atoms with Gasteiger partial charge in [-0.3, -0.25) is 9.69 Å². The quantitative estimate of drug-likeness (QED) is 0.842. The highest BCUT2D eigenvalue weighted by Crippen LogP contribution is 2.16. The minimum atomic E-state index is 0.222. The molecule has 0 aromatic carbocycles. The number of aromatic nitrogens is 1. The lowest BCUT2D eigenvalue weighted by Gasteiger charge is -2.21. The number of nitrogens with zero attached hydrogens (tertiary/aromatic N) is 3. The van der Waals surface area contributed by atoms with E-state index in [-0.39, 0.29) is 5.91 Å². The van der Waals surface area contributed by atoms with Crippen molar-refractivity contribution in [3.05, 3.63) is 41.2 Å². The molecule has 0 bridgehead atoms.